The lowest BCUT2D eigenvalue weighted by molar-refractivity contribution is -0.140. The van der Waals surface area contributed by atoms with E-state index in [4.69, 9.17) is 5.11 Å². The fraction of sp³-hybridized carbons (Fsp3) is 0.300. The number of hydrogen-bond donors (Lipinski definition) is 2. The number of carboxylic acids is 1. The van der Waals surface area contributed by atoms with Crippen molar-refractivity contribution in [2.45, 2.75) is 6.04 Å². The Bertz CT molecular complexity index is 467. The Morgan fingerprint density at radius 3 is 2.78 bits per heavy atom. The maximum atomic E-state index is 13.2. The van der Waals surface area contributed by atoms with E-state index in [9.17, 15) is 18.4 Å². The fourth-order valence-electron chi connectivity index (χ4n) is 1.17. The molecule has 0 radical (unpaired) electrons. The van der Waals surface area contributed by atoms with Crippen molar-refractivity contribution in [3.8, 4) is 0 Å². The Morgan fingerprint density at radius 2 is 2.22 bits per heavy atom. The molecule has 0 fully saturated rings. The number of carboxylic acid groups (broad SMARTS) is 1. The van der Waals surface area contributed by atoms with Crippen LogP contribution in [-0.4, -0.2) is 41.7 Å². The zero-order valence-corrected chi connectivity index (χ0v) is 9.31. The van der Waals surface area contributed by atoms with Gasteiger partial charge < -0.3 is 15.2 Å². The third kappa shape index (κ3) is 3.20. The summed E-state index contributed by atoms with van der Waals surface area (Å²) in [5.74, 6) is -5.27. The van der Waals surface area contributed by atoms with Gasteiger partial charge in [-0.05, 0) is 6.07 Å². The monoisotopic (exact) mass is 260 g/mol. The van der Waals surface area contributed by atoms with Crippen LogP contribution >= 0.6 is 0 Å². The van der Waals surface area contributed by atoms with Crippen LogP contribution in [0, 0.1) is 11.8 Å². The number of rotatable bonds is 5. The molecule has 1 unspecified atom stereocenters. The first-order valence-corrected chi connectivity index (χ1v) is 4.80. The molecule has 0 aliphatic carbocycles. The predicted molar refractivity (Wildman–Crippen MR) is 54.9 cm³/mol. The van der Waals surface area contributed by atoms with Crippen LogP contribution in [0.25, 0.3) is 0 Å². The number of ether oxygens (including phenoxy) is 1. The maximum Gasteiger partial charge on any atom is 0.328 e. The minimum atomic E-state index is -1.43. The van der Waals surface area contributed by atoms with Gasteiger partial charge in [0.2, 0.25) is 5.95 Å². The second-order valence-electron chi connectivity index (χ2n) is 3.28. The van der Waals surface area contributed by atoms with Crippen molar-refractivity contribution >= 4 is 11.9 Å². The summed E-state index contributed by atoms with van der Waals surface area (Å²) >= 11 is 0. The van der Waals surface area contributed by atoms with Crippen LogP contribution < -0.4 is 5.32 Å². The molecule has 0 saturated carbocycles. The zero-order valence-electron chi connectivity index (χ0n) is 9.31. The Morgan fingerprint density at radius 1 is 1.56 bits per heavy atom. The molecule has 0 aliphatic heterocycles. The lowest BCUT2D eigenvalue weighted by Crippen LogP contribution is -2.44. The van der Waals surface area contributed by atoms with Gasteiger partial charge in [-0.3, -0.25) is 4.79 Å². The molecule has 6 nitrogen and oxygen atoms in total. The minimum absolute atomic E-state index is 0.295. The van der Waals surface area contributed by atoms with E-state index in [-0.39, 0.29) is 6.61 Å². The average molecular weight is 260 g/mol. The van der Waals surface area contributed by atoms with Crippen LogP contribution in [0.5, 0.6) is 0 Å². The number of pyridine rings is 1. The van der Waals surface area contributed by atoms with Crippen molar-refractivity contribution in [1.29, 1.82) is 0 Å². The van der Waals surface area contributed by atoms with E-state index >= 15 is 0 Å². The molecule has 1 aromatic heterocycles. The lowest BCUT2D eigenvalue weighted by atomic mass is 10.2. The molecule has 1 amide bonds. The van der Waals surface area contributed by atoms with E-state index in [2.05, 4.69) is 9.72 Å². The van der Waals surface area contributed by atoms with Gasteiger partial charge in [0, 0.05) is 13.3 Å². The molecule has 1 aromatic rings. The highest BCUT2D eigenvalue weighted by Crippen LogP contribution is 2.08. The van der Waals surface area contributed by atoms with Gasteiger partial charge in [0.15, 0.2) is 11.9 Å². The van der Waals surface area contributed by atoms with E-state index in [1.54, 1.807) is 0 Å². The highest BCUT2D eigenvalue weighted by Gasteiger charge is 2.23. The van der Waals surface area contributed by atoms with Crippen LogP contribution in [-0.2, 0) is 9.53 Å². The summed E-state index contributed by atoms with van der Waals surface area (Å²) in [5, 5.41) is 10.8. The van der Waals surface area contributed by atoms with Crippen LogP contribution in [0.3, 0.4) is 0 Å². The van der Waals surface area contributed by atoms with Crippen LogP contribution in [0.1, 0.15) is 10.4 Å². The van der Waals surface area contributed by atoms with Gasteiger partial charge in [-0.2, -0.15) is 4.39 Å². The third-order valence-electron chi connectivity index (χ3n) is 2.03. The molecule has 18 heavy (non-hydrogen) atoms. The Balaban J connectivity index is 2.87. The third-order valence-corrected chi connectivity index (χ3v) is 2.03. The molecule has 0 aliphatic rings. The number of amides is 1. The number of hydrogen-bond acceptors (Lipinski definition) is 4. The summed E-state index contributed by atoms with van der Waals surface area (Å²) < 4.78 is 30.6. The highest BCUT2D eigenvalue weighted by atomic mass is 19.2. The van der Waals surface area contributed by atoms with Gasteiger partial charge >= 0.3 is 5.97 Å². The van der Waals surface area contributed by atoms with E-state index in [0.717, 1.165) is 12.3 Å². The number of halogens is 2. The standard InChI is InChI=1S/C10H10F2N2O4/c1-18-4-6(10(16)17)14-9(15)5-2-3-13-8(12)7(5)11/h2-3,6H,4H2,1H3,(H,14,15)(H,16,17). The molecule has 2 N–H and O–H groups in total. The average Bonchev–Trinajstić information content (AvgIpc) is 2.31. The summed E-state index contributed by atoms with van der Waals surface area (Å²) in [6, 6.07) is -0.405. The van der Waals surface area contributed by atoms with E-state index in [1.807, 2.05) is 5.32 Å². The molecule has 0 aromatic carbocycles. The molecule has 98 valence electrons. The number of aliphatic carboxylic acids is 1. The molecule has 0 saturated heterocycles. The van der Waals surface area contributed by atoms with Crippen molar-refractivity contribution in [1.82, 2.24) is 10.3 Å². The quantitative estimate of drug-likeness (QED) is 0.738. The number of aromatic nitrogens is 1. The van der Waals surface area contributed by atoms with Crippen molar-refractivity contribution in [3.63, 3.8) is 0 Å². The van der Waals surface area contributed by atoms with E-state index in [0.29, 0.717) is 0 Å². The van der Waals surface area contributed by atoms with Crippen molar-refractivity contribution in [3.05, 3.63) is 29.6 Å². The summed E-state index contributed by atoms with van der Waals surface area (Å²) in [7, 11) is 1.24. The first-order valence-electron chi connectivity index (χ1n) is 4.80. The van der Waals surface area contributed by atoms with Crippen molar-refractivity contribution in [2.75, 3.05) is 13.7 Å². The van der Waals surface area contributed by atoms with Gasteiger partial charge in [-0.1, -0.05) is 0 Å². The van der Waals surface area contributed by atoms with Gasteiger partial charge in [-0.25, -0.2) is 14.2 Å². The molecule has 0 spiro atoms. The minimum Gasteiger partial charge on any atom is -0.480 e. The van der Waals surface area contributed by atoms with Crippen LogP contribution in [0.2, 0.25) is 0 Å². The predicted octanol–water partition coefficient (Wildman–Crippen LogP) is 0.189. The fourth-order valence-corrected chi connectivity index (χ4v) is 1.17. The first kappa shape index (κ1) is 14.0. The van der Waals surface area contributed by atoms with Crippen LogP contribution in [0.4, 0.5) is 8.78 Å². The number of carbonyl (C=O) groups excluding carboxylic acids is 1. The molecule has 1 rings (SSSR count). The van der Waals surface area contributed by atoms with Gasteiger partial charge in [0.1, 0.15) is 0 Å². The molecule has 1 heterocycles. The van der Waals surface area contributed by atoms with Gasteiger partial charge in [-0.15, -0.1) is 0 Å². The van der Waals surface area contributed by atoms with Crippen molar-refractivity contribution < 1.29 is 28.2 Å². The van der Waals surface area contributed by atoms with E-state index in [1.165, 1.54) is 7.11 Å². The molecule has 0 bridgehead atoms. The molecular formula is C10H10F2N2O4. The number of nitrogens with one attached hydrogen (secondary N) is 1. The second-order valence-corrected chi connectivity index (χ2v) is 3.28. The summed E-state index contributed by atoms with van der Waals surface area (Å²) in [6.07, 6.45) is 0.902. The molecule has 1 atom stereocenters. The zero-order chi connectivity index (χ0) is 13.7. The largest absolute Gasteiger partial charge is 0.480 e. The summed E-state index contributed by atoms with van der Waals surface area (Å²) in [4.78, 5) is 25.3. The lowest BCUT2D eigenvalue weighted by Gasteiger charge is -2.13. The molecule has 8 heteroatoms. The normalized spacial score (nSPS) is 11.9. The van der Waals surface area contributed by atoms with E-state index < -0.39 is 35.2 Å². The van der Waals surface area contributed by atoms with Crippen molar-refractivity contribution in [2.24, 2.45) is 0 Å². The SMILES string of the molecule is COCC(NC(=O)c1ccnc(F)c1F)C(=O)O. The smallest absolute Gasteiger partial charge is 0.328 e. The maximum absolute atomic E-state index is 13.2. The Hall–Kier alpha value is -2.09. The first-order chi connectivity index (χ1) is 8.47. The highest BCUT2D eigenvalue weighted by molar-refractivity contribution is 5.96. The molecular weight excluding hydrogens is 250 g/mol. The van der Waals surface area contributed by atoms with Gasteiger partial charge in [0.25, 0.3) is 5.91 Å². The number of nitrogens with zero attached hydrogens (tertiary/aromatic N) is 1. The second kappa shape index (κ2) is 6.01. The Labute approximate surface area is 101 Å². The van der Waals surface area contributed by atoms with Crippen LogP contribution in [0.15, 0.2) is 12.3 Å². The summed E-state index contributed by atoms with van der Waals surface area (Å²) in [6.45, 7) is -0.295. The number of methoxy groups -OCH3 is 1. The number of carbonyl (C=O) groups is 2. The summed E-state index contributed by atoms with van der Waals surface area (Å²) in [5.41, 5.74) is -0.621. The van der Waals surface area contributed by atoms with Gasteiger partial charge in [0.05, 0.1) is 12.2 Å². The Kier molecular flexibility index (Phi) is 4.67. The topological polar surface area (TPSA) is 88.5 Å².